The van der Waals surface area contributed by atoms with Crippen LogP contribution in [0.15, 0.2) is 60.8 Å². The average molecular weight is 245 g/mol. The van der Waals surface area contributed by atoms with Crippen LogP contribution in [0.3, 0.4) is 0 Å². The molecule has 3 aromatic rings. The number of hydrogen-bond acceptors (Lipinski definition) is 3. The summed E-state index contributed by atoms with van der Waals surface area (Å²) in [7, 11) is 0. The van der Waals surface area contributed by atoms with Crippen molar-refractivity contribution in [3.63, 3.8) is 0 Å². The Balaban J connectivity index is 1.99. The van der Waals surface area contributed by atoms with Gasteiger partial charge in [-0.25, -0.2) is 4.98 Å². The number of fused-ring (bicyclic) bond motifs is 1. The van der Waals surface area contributed by atoms with Crippen LogP contribution in [-0.2, 0) is 0 Å². The van der Waals surface area contributed by atoms with Crippen LogP contribution in [0.4, 0.5) is 11.4 Å². The maximum absolute atomic E-state index is 9.02. The number of nitrogens with zero attached hydrogens (tertiary/aromatic N) is 2. The number of anilines is 2. The minimum atomic E-state index is 0.399. The Hall–Kier alpha value is -2.86. The van der Waals surface area contributed by atoms with E-state index in [0.29, 0.717) is 5.69 Å². The molecule has 1 N–H and O–H groups in total. The van der Waals surface area contributed by atoms with E-state index < -0.39 is 0 Å². The molecule has 0 fully saturated rings. The van der Waals surface area contributed by atoms with Gasteiger partial charge < -0.3 is 5.32 Å². The Labute approximate surface area is 111 Å². The first-order valence-electron chi connectivity index (χ1n) is 5.98. The molecule has 3 heteroatoms. The average Bonchev–Trinajstić information content (AvgIpc) is 2.48. The molecule has 1 heterocycles. The van der Waals surface area contributed by atoms with Crippen molar-refractivity contribution in [3.8, 4) is 6.07 Å². The summed E-state index contributed by atoms with van der Waals surface area (Å²) in [4.78, 5) is 4.03. The van der Waals surface area contributed by atoms with E-state index in [-0.39, 0.29) is 0 Å². The minimum absolute atomic E-state index is 0.399. The molecule has 0 saturated heterocycles. The van der Waals surface area contributed by atoms with Crippen molar-refractivity contribution < 1.29 is 0 Å². The Kier molecular flexibility index (Phi) is 2.83. The Morgan fingerprint density at radius 1 is 0.947 bits per heavy atom. The molecule has 0 bridgehead atoms. The van der Waals surface area contributed by atoms with E-state index in [0.717, 1.165) is 16.8 Å². The molecule has 0 radical (unpaired) electrons. The summed E-state index contributed by atoms with van der Waals surface area (Å²) in [6, 6.07) is 20.0. The fraction of sp³-hybridized carbons (Fsp3) is 0. The second-order valence-electron chi connectivity index (χ2n) is 4.20. The molecule has 0 spiro atoms. The van der Waals surface area contributed by atoms with Crippen molar-refractivity contribution in [2.75, 3.05) is 5.32 Å². The molecule has 0 unspecified atom stereocenters. The lowest BCUT2D eigenvalue weighted by Gasteiger charge is -2.08. The van der Waals surface area contributed by atoms with E-state index in [9.17, 15) is 0 Å². The van der Waals surface area contributed by atoms with Gasteiger partial charge >= 0.3 is 0 Å². The third-order valence-electron chi connectivity index (χ3n) is 2.94. The van der Waals surface area contributed by atoms with Gasteiger partial charge in [0.15, 0.2) is 5.69 Å². The predicted molar refractivity (Wildman–Crippen MR) is 76.2 cm³/mol. The maximum atomic E-state index is 9.02. The molecule has 0 atom stereocenters. The fourth-order valence-corrected chi connectivity index (χ4v) is 2.02. The topological polar surface area (TPSA) is 48.7 Å². The Morgan fingerprint density at radius 2 is 1.79 bits per heavy atom. The maximum Gasteiger partial charge on any atom is 0.163 e. The number of benzene rings is 2. The van der Waals surface area contributed by atoms with Gasteiger partial charge in [0.05, 0.1) is 5.69 Å². The van der Waals surface area contributed by atoms with Gasteiger partial charge in [-0.15, -0.1) is 0 Å². The fourth-order valence-electron chi connectivity index (χ4n) is 2.02. The molecule has 0 saturated carbocycles. The third kappa shape index (κ3) is 2.24. The van der Waals surface area contributed by atoms with E-state index >= 15 is 0 Å². The van der Waals surface area contributed by atoms with Crippen LogP contribution in [0.1, 0.15) is 5.69 Å². The number of hydrogen-bond donors (Lipinski definition) is 1. The van der Waals surface area contributed by atoms with Gasteiger partial charge in [0, 0.05) is 11.9 Å². The molecule has 19 heavy (non-hydrogen) atoms. The van der Waals surface area contributed by atoms with E-state index in [1.807, 2.05) is 30.3 Å². The van der Waals surface area contributed by atoms with Gasteiger partial charge in [-0.1, -0.05) is 30.3 Å². The zero-order valence-electron chi connectivity index (χ0n) is 10.2. The second-order valence-corrected chi connectivity index (χ2v) is 4.20. The van der Waals surface area contributed by atoms with Gasteiger partial charge in [-0.2, -0.15) is 5.26 Å². The first-order chi connectivity index (χ1) is 9.36. The summed E-state index contributed by atoms with van der Waals surface area (Å²) >= 11 is 0. The molecule has 0 aliphatic heterocycles. The summed E-state index contributed by atoms with van der Waals surface area (Å²) in [6.45, 7) is 0. The van der Waals surface area contributed by atoms with E-state index in [1.165, 1.54) is 5.39 Å². The predicted octanol–water partition coefficient (Wildman–Crippen LogP) is 3.85. The van der Waals surface area contributed by atoms with Crippen molar-refractivity contribution in [2.24, 2.45) is 0 Å². The van der Waals surface area contributed by atoms with Crippen LogP contribution >= 0.6 is 0 Å². The van der Waals surface area contributed by atoms with Crippen molar-refractivity contribution in [1.82, 2.24) is 4.98 Å². The van der Waals surface area contributed by atoms with Crippen molar-refractivity contribution in [3.05, 3.63) is 66.5 Å². The lowest BCUT2D eigenvalue weighted by molar-refractivity contribution is 1.26. The molecular weight excluding hydrogens is 234 g/mol. The summed E-state index contributed by atoms with van der Waals surface area (Å²) in [5.74, 6) is 0. The molecule has 0 aliphatic carbocycles. The largest absolute Gasteiger partial charge is 0.353 e. The standard InChI is InChI=1S/C16H11N3/c17-11-16-15(6-3-9-18-16)19-14-8-7-12-4-1-2-5-13(12)10-14/h1-10,19H. The van der Waals surface area contributed by atoms with E-state index in [1.54, 1.807) is 6.20 Å². The highest BCUT2D eigenvalue weighted by Crippen LogP contribution is 2.23. The molecule has 0 aliphatic rings. The monoisotopic (exact) mass is 245 g/mol. The zero-order chi connectivity index (χ0) is 13.1. The zero-order valence-corrected chi connectivity index (χ0v) is 10.2. The van der Waals surface area contributed by atoms with Gasteiger partial charge in [0.25, 0.3) is 0 Å². The summed E-state index contributed by atoms with van der Waals surface area (Å²) in [6.07, 6.45) is 1.62. The molecule has 3 nitrogen and oxygen atoms in total. The number of aromatic nitrogens is 1. The molecular formula is C16H11N3. The summed E-state index contributed by atoms with van der Waals surface area (Å²) in [5.41, 5.74) is 2.07. The summed E-state index contributed by atoms with van der Waals surface area (Å²) in [5, 5.41) is 14.6. The van der Waals surface area contributed by atoms with Crippen LogP contribution in [0.25, 0.3) is 10.8 Å². The van der Waals surface area contributed by atoms with Gasteiger partial charge in [-0.05, 0) is 35.0 Å². The lowest BCUT2D eigenvalue weighted by Crippen LogP contribution is -1.95. The summed E-state index contributed by atoms with van der Waals surface area (Å²) < 4.78 is 0. The highest BCUT2D eigenvalue weighted by molar-refractivity contribution is 5.86. The Morgan fingerprint density at radius 3 is 2.63 bits per heavy atom. The van der Waals surface area contributed by atoms with Crippen molar-refractivity contribution in [1.29, 1.82) is 5.26 Å². The second kappa shape index (κ2) is 4.79. The van der Waals surface area contributed by atoms with Crippen LogP contribution in [0.2, 0.25) is 0 Å². The molecule has 2 aromatic carbocycles. The minimum Gasteiger partial charge on any atom is -0.353 e. The van der Waals surface area contributed by atoms with E-state index in [4.69, 9.17) is 5.26 Å². The van der Waals surface area contributed by atoms with Crippen LogP contribution < -0.4 is 5.32 Å². The normalized spacial score (nSPS) is 10.1. The van der Waals surface area contributed by atoms with Crippen molar-refractivity contribution in [2.45, 2.75) is 0 Å². The first-order valence-corrected chi connectivity index (χ1v) is 5.98. The smallest absolute Gasteiger partial charge is 0.163 e. The molecule has 0 amide bonds. The first kappa shape index (κ1) is 11.2. The molecule has 3 rings (SSSR count). The number of rotatable bonds is 2. The number of pyridine rings is 1. The highest BCUT2D eigenvalue weighted by Gasteiger charge is 2.02. The highest BCUT2D eigenvalue weighted by atomic mass is 14.9. The van der Waals surface area contributed by atoms with Crippen molar-refractivity contribution >= 4 is 22.1 Å². The van der Waals surface area contributed by atoms with Gasteiger partial charge in [0.1, 0.15) is 6.07 Å². The molecule has 1 aromatic heterocycles. The van der Waals surface area contributed by atoms with Gasteiger partial charge in [-0.3, -0.25) is 0 Å². The Bertz CT molecular complexity index is 772. The number of nitrogens with one attached hydrogen (secondary N) is 1. The van der Waals surface area contributed by atoms with Gasteiger partial charge in [0.2, 0.25) is 0 Å². The van der Waals surface area contributed by atoms with E-state index in [2.05, 4.69) is 40.6 Å². The molecule has 90 valence electrons. The quantitative estimate of drug-likeness (QED) is 0.746. The van der Waals surface area contributed by atoms with Crippen LogP contribution in [0, 0.1) is 11.3 Å². The number of nitriles is 1. The van der Waals surface area contributed by atoms with Crippen LogP contribution in [-0.4, -0.2) is 4.98 Å². The SMILES string of the molecule is N#Cc1ncccc1Nc1ccc2ccccc2c1. The third-order valence-corrected chi connectivity index (χ3v) is 2.94. The van der Waals surface area contributed by atoms with Crippen LogP contribution in [0.5, 0.6) is 0 Å². The lowest BCUT2D eigenvalue weighted by atomic mass is 10.1.